The number of nitrogens with one attached hydrogen (secondary N) is 2. The van der Waals surface area contributed by atoms with Gasteiger partial charge in [-0.15, -0.1) is 0 Å². The molecule has 0 radical (unpaired) electrons. The fraction of sp³-hybridized carbons (Fsp3) is 0.469. The van der Waals surface area contributed by atoms with Gasteiger partial charge in [0.2, 0.25) is 5.88 Å². The van der Waals surface area contributed by atoms with Crippen LogP contribution in [0.5, 0.6) is 5.88 Å². The van der Waals surface area contributed by atoms with Gasteiger partial charge in [0.25, 0.3) is 5.91 Å². The largest absolute Gasteiger partial charge is 0.471 e. The Morgan fingerprint density at radius 1 is 1.18 bits per heavy atom. The molecule has 1 aliphatic heterocycles. The maximum atomic E-state index is 14.3. The molecule has 8 heteroatoms. The van der Waals surface area contributed by atoms with Gasteiger partial charge in [0.05, 0.1) is 23.9 Å². The number of hydrogen-bond acceptors (Lipinski definition) is 6. The van der Waals surface area contributed by atoms with Crippen molar-refractivity contribution in [1.82, 2.24) is 20.6 Å². The minimum absolute atomic E-state index is 0.0446. The van der Waals surface area contributed by atoms with E-state index >= 15 is 0 Å². The fourth-order valence-corrected chi connectivity index (χ4v) is 5.71. The van der Waals surface area contributed by atoms with Gasteiger partial charge in [0.15, 0.2) is 5.82 Å². The number of rotatable bonds is 9. The second-order valence-corrected chi connectivity index (χ2v) is 12.5. The Morgan fingerprint density at radius 2 is 1.95 bits per heavy atom. The number of aromatic nitrogens is 2. The van der Waals surface area contributed by atoms with Crippen LogP contribution in [0.25, 0.3) is 0 Å². The van der Waals surface area contributed by atoms with Gasteiger partial charge >= 0.3 is 0 Å². The van der Waals surface area contributed by atoms with Crippen molar-refractivity contribution in [2.75, 3.05) is 6.54 Å². The van der Waals surface area contributed by atoms with E-state index in [0.29, 0.717) is 12.3 Å². The molecule has 40 heavy (non-hydrogen) atoms. The third kappa shape index (κ3) is 6.67. The van der Waals surface area contributed by atoms with E-state index in [1.165, 1.54) is 12.3 Å². The van der Waals surface area contributed by atoms with E-state index in [9.17, 15) is 14.3 Å². The van der Waals surface area contributed by atoms with Crippen LogP contribution in [-0.2, 0) is 12.8 Å². The Morgan fingerprint density at radius 3 is 2.62 bits per heavy atom. The van der Waals surface area contributed by atoms with Crippen LogP contribution in [0.1, 0.15) is 79.5 Å². The molecule has 1 aromatic carbocycles. The summed E-state index contributed by atoms with van der Waals surface area (Å²) in [5, 5.41) is 17.8. The number of aliphatic hydroxyl groups excluding tert-OH is 1. The summed E-state index contributed by atoms with van der Waals surface area (Å²) in [5.74, 6) is -0.618. The molecule has 2 aromatic heterocycles. The van der Waals surface area contributed by atoms with Crippen LogP contribution in [0.15, 0.2) is 61.1 Å². The summed E-state index contributed by atoms with van der Waals surface area (Å²) in [7, 11) is 0. The molecule has 3 heterocycles. The topological polar surface area (TPSA) is 96.4 Å². The molecule has 1 amide bonds. The van der Waals surface area contributed by atoms with Crippen LogP contribution in [-0.4, -0.2) is 45.3 Å². The predicted octanol–water partition coefficient (Wildman–Crippen LogP) is 4.94. The molecule has 3 N–H and O–H groups in total. The molecule has 2 aliphatic rings. The number of carbonyl (C=O) groups is 1. The Bertz CT molecular complexity index is 1320. The second-order valence-electron chi connectivity index (χ2n) is 12.5. The van der Waals surface area contributed by atoms with Crippen molar-refractivity contribution in [1.29, 1.82) is 0 Å². The normalized spacial score (nSPS) is 19.2. The summed E-state index contributed by atoms with van der Waals surface area (Å²) < 4.78 is 20.7. The second kappa shape index (κ2) is 11.6. The molecule has 0 bridgehead atoms. The van der Waals surface area contributed by atoms with Crippen LogP contribution in [0, 0.1) is 11.2 Å². The lowest BCUT2D eigenvalue weighted by atomic mass is 9.73. The van der Waals surface area contributed by atoms with Gasteiger partial charge in [0.1, 0.15) is 5.60 Å². The molecule has 1 fully saturated rings. The number of aliphatic hydroxyl groups is 1. The average Bonchev–Trinajstić information content (AvgIpc) is 2.90. The van der Waals surface area contributed by atoms with Crippen molar-refractivity contribution in [3.63, 3.8) is 0 Å². The molecule has 1 aliphatic carbocycles. The Labute approximate surface area is 235 Å². The van der Waals surface area contributed by atoms with Crippen LogP contribution in [0.2, 0.25) is 0 Å². The quantitative estimate of drug-likeness (QED) is 0.352. The van der Waals surface area contributed by atoms with Crippen molar-refractivity contribution >= 4 is 5.91 Å². The molecule has 7 nitrogen and oxygen atoms in total. The summed E-state index contributed by atoms with van der Waals surface area (Å²) >= 11 is 0. The molecule has 3 atom stereocenters. The molecule has 212 valence electrons. The van der Waals surface area contributed by atoms with Gasteiger partial charge < -0.3 is 20.5 Å². The first-order valence-corrected chi connectivity index (χ1v) is 14.1. The van der Waals surface area contributed by atoms with Crippen molar-refractivity contribution in [3.05, 3.63) is 89.1 Å². The van der Waals surface area contributed by atoms with Gasteiger partial charge in [0, 0.05) is 37.0 Å². The zero-order chi connectivity index (χ0) is 28.3. The third-order valence-electron chi connectivity index (χ3n) is 7.87. The smallest absolute Gasteiger partial charge is 0.254 e. The lowest BCUT2D eigenvalue weighted by molar-refractivity contribution is -0.0421. The summed E-state index contributed by atoms with van der Waals surface area (Å²) in [4.78, 5) is 21.4. The highest BCUT2D eigenvalue weighted by Crippen LogP contribution is 2.48. The minimum Gasteiger partial charge on any atom is -0.471 e. The number of pyridine rings is 2. The van der Waals surface area contributed by atoms with Gasteiger partial charge in [-0.05, 0) is 60.8 Å². The van der Waals surface area contributed by atoms with Gasteiger partial charge in [-0.25, -0.2) is 9.37 Å². The number of halogens is 1. The Kier molecular flexibility index (Phi) is 8.19. The van der Waals surface area contributed by atoms with Crippen LogP contribution in [0.3, 0.4) is 0 Å². The first-order valence-electron chi connectivity index (χ1n) is 14.1. The van der Waals surface area contributed by atoms with Crippen molar-refractivity contribution in [3.8, 4) is 5.88 Å². The first kappa shape index (κ1) is 28.2. The fourth-order valence-electron chi connectivity index (χ4n) is 5.71. The van der Waals surface area contributed by atoms with Gasteiger partial charge in [-0.2, -0.15) is 0 Å². The van der Waals surface area contributed by atoms with Crippen LogP contribution < -0.4 is 15.4 Å². The summed E-state index contributed by atoms with van der Waals surface area (Å²) in [6.07, 6.45) is 8.57. The number of hydrogen-bond donors (Lipinski definition) is 3. The molecule has 5 rings (SSSR count). The van der Waals surface area contributed by atoms with E-state index in [-0.39, 0.29) is 29.2 Å². The SMILES string of the molecule is CC(C)(C)Cc1cnc2c(c1)[C@@H](NC[C@H](O)[C@H](Cc1ccccc1)NC(=O)c1ccncc1F)CC1(CCC1)O2. The number of benzene rings is 1. The maximum absolute atomic E-state index is 14.3. The van der Waals surface area contributed by atoms with Crippen molar-refractivity contribution in [2.24, 2.45) is 5.41 Å². The van der Waals surface area contributed by atoms with E-state index in [2.05, 4.69) is 42.5 Å². The number of fused-ring (bicyclic) bond motifs is 1. The van der Waals surface area contributed by atoms with E-state index in [0.717, 1.165) is 55.0 Å². The van der Waals surface area contributed by atoms with E-state index in [1.807, 2.05) is 36.5 Å². The zero-order valence-electron chi connectivity index (χ0n) is 23.5. The van der Waals surface area contributed by atoms with E-state index in [1.54, 1.807) is 0 Å². The Hall–Kier alpha value is -3.36. The van der Waals surface area contributed by atoms with Crippen molar-refractivity contribution in [2.45, 2.75) is 83.1 Å². The summed E-state index contributed by atoms with van der Waals surface area (Å²) in [6.45, 7) is 6.85. The number of ether oxygens (including phenoxy) is 1. The lowest BCUT2D eigenvalue weighted by Crippen LogP contribution is -2.52. The standard InChI is InChI=1S/C32H39FN4O3/c1-31(2,3)16-22-14-24-27(17-32(11-7-12-32)40-30(24)36-18-22)35-20-28(38)26(15-21-8-5-4-6-9-21)37-29(39)23-10-13-34-19-25(23)33/h4-6,8-10,13-14,18-19,26-28,35,38H,7,11-12,15-17,20H2,1-3H3,(H,37,39)/t26-,27-,28-/m0/s1. The highest BCUT2D eigenvalue weighted by atomic mass is 19.1. The Balaban J connectivity index is 1.34. The van der Waals surface area contributed by atoms with Crippen molar-refractivity contribution < 1.29 is 19.0 Å². The summed E-state index contributed by atoms with van der Waals surface area (Å²) in [6, 6.07) is 12.5. The number of amides is 1. The van der Waals surface area contributed by atoms with Gasteiger partial charge in [-0.1, -0.05) is 51.1 Å². The van der Waals surface area contributed by atoms with E-state index < -0.39 is 23.9 Å². The van der Waals surface area contributed by atoms with Crippen LogP contribution in [0.4, 0.5) is 4.39 Å². The average molecular weight is 547 g/mol. The summed E-state index contributed by atoms with van der Waals surface area (Å²) in [5.41, 5.74) is 2.93. The predicted molar refractivity (Wildman–Crippen MR) is 152 cm³/mol. The first-order chi connectivity index (χ1) is 19.1. The molecular weight excluding hydrogens is 507 g/mol. The molecule has 3 aromatic rings. The van der Waals surface area contributed by atoms with E-state index in [4.69, 9.17) is 9.72 Å². The minimum atomic E-state index is -0.927. The molecule has 0 unspecified atom stereocenters. The number of carbonyl (C=O) groups excluding carboxylic acids is 1. The molecule has 1 saturated carbocycles. The lowest BCUT2D eigenvalue weighted by Gasteiger charge is -2.47. The monoisotopic (exact) mass is 546 g/mol. The zero-order valence-corrected chi connectivity index (χ0v) is 23.5. The molecule has 1 spiro atoms. The number of nitrogens with zero attached hydrogens (tertiary/aromatic N) is 2. The van der Waals surface area contributed by atoms with Crippen LogP contribution >= 0.6 is 0 Å². The molecule has 0 saturated heterocycles. The third-order valence-corrected chi connectivity index (χ3v) is 7.87. The highest BCUT2D eigenvalue weighted by molar-refractivity contribution is 5.94. The molecular formula is C32H39FN4O3. The maximum Gasteiger partial charge on any atom is 0.254 e. The highest BCUT2D eigenvalue weighted by Gasteiger charge is 2.46. The van der Waals surface area contributed by atoms with Gasteiger partial charge in [-0.3, -0.25) is 9.78 Å².